The number of piperazine rings is 1. The van der Waals surface area contributed by atoms with E-state index >= 15 is 0 Å². The van der Waals surface area contributed by atoms with Gasteiger partial charge in [-0.1, -0.05) is 0 Å². The van der Waals surface area contributed by atoms with Crippen LogP contribution in [-0.4, -0.2) is 73.2 Å². The molecule has 1 unspecified atom stereocenters. The van der Waals surface area contributed by atoms with Crippen LogP contribution in [-0.2, 0) is 19.1 Å². The van der Waals surface area contributed by atoms with Crippen LogP contribution in [0.5, 0.6) is 0 Å². The van der Waals surface area contributed by atoms with E-state index in [0.717, 1.165) is 0 Å². The Bertz CT molecular complexity index is 375. The van der Waals surface area contributed by atoms with E-state index < -0.39 is 12.0 Å². The highest BCUT2D eigenvalue weighted by molar-refractivity contribution is 5.80. The van der Waals surface area contributed by atoms with Gasteiger partial charge < -0.3 is 20.5 Å². The third-order valence-corrected chi connectivity index (χ3v) is 3.17. The molecule has 1 saturated heterocycles. The highest BCUT2D eigenvalue weighted by Gasteiger charge is 2.29. The number of carboxylic acid groups (broad SMARTS) is 1. The van der Waals surface area contributed by atoms with E-state index in [2.05, 4.69) is 10.6 Å². The van der Waals surface area contributed by atoms with Crippen molar-refractivity contribution in [2.24, 2.45) is 0 Å². The first kappa shape index (κ1) is 17.4. The second kappa shape index (κ2) is 9.30. The Morgan fingerprint density at radius 2 is 2.19 bits per heavy atom. The lowest BCUT2D eigenvalue weighted by Gasteiger charge is -2.32. The molecule has 0 aromatic carbocycles. The van der Waals surface area contributed by atoms with Crippen molar-refractivity contribution in [2.75, 3.05) is 39.3 Å². The number of carbonyl (C=O) groups excluding carboxylic acids is 2. The Balaban J connectivity index is 2.23. The molecule has 0 saturated carbocycles. The fourth-order valence-corrected chi connectivity index (χ4v) is 2.11. The van der Waals surface area contributed by atoms with Gasteiger partial charge in [-0.3, -0.25) is 19.3 Å². The summed E-state index contributed by atoms with van der Waals surface area (Å²) in [5, 5.41) is 14.8. The first-order chi connectivity index (χ1) is 10.0. The average molecular weight is 301 g/mol. The molecule has 1 aliphatic heterocycles. The molecule has 1 rings (SSSR count). The van der Waals surface area contributed by atoms with Gasteiger partial charge in [-0.2, -0.15) is 0 Å². The van der Waals surface area contributed by atoms with Crippen molar-refractivity contribution in [1.29, 1.82) is 0 Å². The Kier molecular flexibility index (Phi) is 7.70. The number of aliphatic carboxylic acids is 1. The molecule has 0 aromatic heterocycles. The highest BCUT2D eigenvalue weighted by Crippen LogP contribution is 2.03. The second-order valence-electron chi connectivity index (χ2n) is 4.79. The van der Waals surface area contributed by atoms with Crippen LogP contribution in [0.4, 0.5) is 0 Å². The minimum atomic E-state index is -0.933. The molecule has 1 fully saturated rings. The molecule has 0 radical (unpaired) electrons. The largest absolute Gasteiger partial charge is 0.480 e. The fourth-order valence-electron chi connectivity index (χ4n) is 2.11. The molecule has 0 aliphatic carbocycles. The zero-order valence-electron chi connectivity index (χ0n) is 12.3. The summed E-state index contributed by atoms with van der Waals surface area (Å²) in [5.41, 5.74) is 0. The van der Waals surface area contributed by atoms with Gasteiger partial charge >= 0.3 is 11.9 Å². The molecule has 8 nitrogen and oxygen atoms in total. The maximum atomic E-state index is 11.8. The van der Waals surface area contributed by atoms with Crippen LogP contribution in [0.15, 0.2) is 0 Å². The molecule has 3 N–H and O–H groups in total. The van der Waals surface area contributed by atoms with E-state index in [1.54, 1.807) is 11.8 Å². The number of nitrogens with zero attached hydrogens (tertiary/aromatic N) is 1. The van der Waals surface area contributed by atoms with Crippen LogP contribution < -0.4 is 10.6 Å². The third kappa shape index (κ3) is 6.54. The lowest BCUT2D eigenvalue weighted by molar-refractivity contribution is -0.145. The van der Waals surface area contributed by atoms with Crippen molar-refractivity contribution in [3.63, 3.8) is 0 Å². The Labute approximate surface area is 123 Å². The molecular weight excluding hydrogens is 278 g/mol. The molecule has 120 valence electrons. The molecule has 0 spiro atoms. The van der Waals surface area contributed by atoms with Crippen LogP contribution in [0.1, 0.15) is 19.8 Å². The average Bonchev–Trinajstić information content (AvgIpc) is 2.44. The van der Waals surface area contributed by atoms with Crippen LogP contribution >= 0.6 is 0 Å². The number of carboxylic acids is 1. The summed E-state index contributed by atoms with van der Waals surface area (Å²) in [6.45, 7) is 4.05. The van der Waals surface area contributed by atoms with Crippen LogP contribution in [0.25, 0.3) is 0 Å². The molecule has 1 atom stereocenters. The zero-order chi connectivity index (χ0) is 15.7. The van der Waals surface area contributed by atoms with Crippen molar-refractivity contribution in [3.05, 3.63) is 0 Å². The van der Waals surface area contributed by atoms with Gasteiger partial charge in [0.2, 0.25) is 5.91 Å². The Hall–Kier alpha value is -1.67. The highest BCUT2D eigenvalue weighted by atomic mass is 16.5. The van der Waals surface area contributed by atoms with Gasteiger partial charge in [-0.05, 0) is 13.3 Å². The van der Waals surface area contributed by atoms with Gasteiger partial charge in [-0.25, -0.2) is 0 Å². The molecule has 8 heteroatoms. The SMILES string of the molecule is CCOC(=O)CCCNC(=O)CN1CCNCC1C(=O)O. The van der Waals surface area contributed by atoms with Gasteiger partial charge in [0.25, 0.3) is 0 Å². The van der Waals surface area contributed by atoms with Gasteiger partial charge in [0, 0.05) is 32.6 Å². The standard InChI is InChI=1S/C13H23N3O5/c1-2-21-12(18)4-3-5-15-11(17)9-16-7-6-14-8-10(16)13(19)20/h10,14H,2-9H2,1H3,(H,15,17)(H,19,20). The van der Waals surface area contributed by atoms with E-state index in [1.807, 2.05) is 0 Å². The van der Waals surface area contributed by atoms with Crippen molar-refractivity contribution in [2.45, 2.75) is 25.8 Å². The van der Waals surface area contributed by atoms with Crippen molar-refractivity contribution >= 4 is 17.8 Å². The number of hydrogen-bond acceptors (Lipinski definition) is 6. The van der Waals surface area contributed by atoms with E-state index in [0.29, 0.717) is 39.2 Å². The number of ether oxygens (including phenoxy) is 1. The molecule has 1 heterocycles. The second-order valence-corrected chi connectivity index (χ2v) is 4.79. The third-order valence-electron chi connectivity index (χ3n) is 3.17. The monoisotopic (exact) mass is 301 g/mol. The Morgan fingerprint density at radius 3 is 2.86 bits per heavy atom. The number of hydrogen-bond donors (Lipinski definition) is 3. The minimum absolute atomic E-state index is 0.0536. The summed E-state index contributed by atoms with van der Waals surface area (Å²) in [6.07, 6.45) is 0.772. The van der Waals surface area contributed by atoms with Gasteiger partial charge in [-0.15, -0.1) is 0 Å². The van der Waals surface area contributed by atoms with E-state index in [4.69, 9.17) is 9.84 Å². The number of amides is 1. The number of nitrogens with one attached hydrogen (secondary N) is 2. The summed E-state index contributed by atoms with van der Waals surface area (Å²) < 4.78 is 4.78. The topological polar surface area (TPSA) is 108 Å². The molecule has 21 heavy (non-hydrogen) atoms. The van der Waals surface area contributed by atoms with Crippen molar-refractivity contribution < 1.29 is 24.2 Å². The summed E-state index contributed by atoms with van der Waals surface area (Å²) in [4.78, 5) is 35.6. The lowest BCUT2D eigenvalue weighted by atomic mass is 10.2. The summed E-state index contributed by atoms with van der Waals surface area (Å²) in [6, 6.07) is -0.677. The van der Waals surface area contributed by atoms with Crippen LogP contribution in [0, 0.1) is 0 Å². The Morgan fingerprint density at radius 1 is 1.43 bits per heavy atom. The smallest absolute Gasteiger partial charge is 0.322 e. The predicted molar refractivity (Wildman–Crippen MR) is 74.7 cm³/mol. The molecule has 1 amide bonds. The predicted octanol–water partition coefficient (Wildman–Crippen LogP) is -1.20. The first-order valence-corrected chi connectivity index (χ1v) is 7.14. The van der Waals surface area contributed by atoms with E-state index in [9.17, 15) is 14.4 Å². The molecule has 1 aliphatic rings. The number of rotatable bonds is 8. The number of esters is 1. The molecule has 0 bridgehead atoms. The van der Waals surface area contributed by atoms with Gasteiger partial charge in [0.1, 0.15) is 6.04 Å². The molecule has 0 aromatic rings. The maximum absolute atomic E-state index is 11.8. The van der Waals surface area contributed by atoms with Crippen molar-refractivity contribution in [1.82, 2.24) is 15.5 Å². The quantitative estimate of drug-likeness (QED) is 0.382. The molecular formula is C13H23N3O5. The normalized spacial score (nSPS) is 19.0. The maximum Gasteiger partial charge on any atom is 0.322 e. The minimum Gasteiger partial charge on any atom is -0.480 e. The number of carbonyl (C=O) groups is 3. The van der Waals surface area contributed by atoms with E-state index in [-0.39, 0.29) is 24.8 Å². The lowest BCUT2D eigenvalue weighted by Crippen LogP contribution is -2.57. The van der Waals surface area contributed by atoms with Gasteiger partial charge in [0.05, 0.1) is 13.2 Å². The summed E-state index contributed by atoms with van der Waals surface area (Å²) in [7, 11) is 0. The summed E-state index contributed by atoms with van der Waals surface area (Å²) >= 11 is 0. The van der Waals surface area contributed by atoms with Crippen molar-refractivity contribution in [3.8, 4) is 0 Å². The summed E-state index contributed by atoms with van der Waals surface area (Å²) in [5.74, 6) is -1.44. The van der Waals surface area contributed by atoms with Crippen LogP contribution in [0.2, 0.25) is 0 Å². The van der Waals surface area contributed by atoms with E-state index in [1.165, 1.54) is 0 Å². The zero-order valence-corrected chi connectivity index (χ0v) is 12.3. The fraction of sp³-hybridized carbons (Fsp3) is 0.769. The van der Waals surface area contributed by atoms with Gasteiger partial charge in [0.15, 0.2) is 0 Å². The van der Waals surface area contributed by atoms with Crippen LogP contribution in [0.3, 0.4) is 0 Å². The first-order valence-electron chi connectivity index (χ1n) is 7.14.